The summed E-state index contributed by atoms with van der Waals surface area (Å²) in [7, 11) is 2.99. The molecule has 0 fully saturated rings. The molecule has 0 unspecified atom stereocenters. The van der Waals surface area contributed by atoms with Crippen LogP contribution < -0.4 is 15.1 Å². The third-order valence-electron chi connectivity index (χ3n) is 3.34. The Balaban J connectivity index is 3.01. The summed E-state index contributed by atoms with van der Waals surface area (Å²) in [6, 6.07) is 3.10. The van der Waals surface area contributed by atoms with Crippen LogP contribution in [0.1, 0.15) is 36.2 Å². The Kier molecular flexibility index (Phi) is 4.31. The second-order valence-corrected chi connectivity index (χ2v) is 4.76. The first-order valence-corrected chi connectivity index (χ1v) is 6.76. The van der Waals surface area contributed by atoms with E-state index in [4.69, 9.17) is 13.9 Å². The van der Waals surface area contributed by atoms with E-state index in [2.05, 4.69) is 0 Å². The molecule has 0 saturated heterocycles. The molecule has 0 amide bonds. The van der Waals surface area contributed by atoms with Crippen molar-refractivity contribution in [2.45, 2.75) is 26.7 Å². The van der Waals surface area contributed by atoms with Crippen molar-refractivity contribution >= 4 is 16.8 Å². The quantitative estimate of drug-likeness (QED) is 0.625. The third-order valence-corrected chi connectivity index (χ3v) is 3.34. The van der Waals surface area contributed by atoms with Gasteiger partial charge in [0.25, 0.3) is 0 Å². The number of carbonyl (C=O) groups is 1. The van der Waals surface area contributed by atoms with E-state index in [-0.39, 0.29) is 16.9 Å². The minimum Gasteiger partial charge on any atom is -0.496 e. The van der Waals surface area contributed by atoms with Crippen LogP contribution in [-0.2, 0) is 6.42 Å². The van der Waals surface area contributed by atoms with E-state index in [0.29, 0.717) is 23.3 Å². The highest BCUT2D eigenvalue weighted by Gasteiger charge is 2.21. The van der Waals surface area contributed by atoms with Crippen LogP contribution in [0.4, 0.5) is 0 Å². The third kappa shape index (κ3) is 2.63. The van der Waals surface area contributed by atoms with Gasteiger partial charge >= 0.3 is 5.63 Å². The molecule has 2 rings (SSSR count). The van der Waals surface area contributed by atoms with Crippen molar-refractivity contribution in [2.24, 2.45) is 0 Å². The van der Waals surface area contributed by atoms with Gasteiger partial charge in [-0.25, -0.2) is 4.79 Å². The molecule has 0 N–H and O–H groups in total. The van der Waals surface area contributed by atoms with E-state index in [1.807, 2.05) is 6.92 Å². The molecule has 112 valence electrons. The molecule has 0 aliphatic heterocycles. The number of benzene rings is 1. The number of ether oxygens (including phenoxy) is 2. The van der Waals surface area contributed by atoms with Crippen molar-refractivity contribution in [3.63, 3.8) is 0 Å². The zero-order valence-corrected chi connectivity index (χ0v) is 12.6. The van der Waals surface area contributed by atoms with E-state index in [1.54, 1.807) is 6.07 Å². The fourth-order valence-corrected chi connectivity index (χ4v) is 2.48. The molecule has 5 nitrogen and oxygen atoms in total. The van der Waals surface area contributed by atoms with Gasteiger partial charge in [-0.1, -0.05) is 13.3 Å². The number of hydrogen-bond acceptors (Lipinski definition) is 5. The molecule has 5 heteroatoms. The van der Waals surface area contributed by atoms with Crippen LogP contribution in [0.3, 0.4) is 0 Å². The van der Waals surface area contributed by atoms with Gasteiger partial charge in [0.1, 0.15) is 17.1 Å². The summed E-state index contributed by atoms with van der Waals surface area (Å²) in [5.74, 6) is 0.638. The first-order valence-electron chi connectivity index (χ1n) is 6.76. The Morgan fingerprint density at radius 2 is 1.86 bits per heavy atom. The summed E-state index contributed by atoms with van der Waals surface area (Å²) in [6.45, 7) is 3.43. The average Bonchev–Trinajstić information content (AvgIpc) is 2.44. The molecule has 1 aromatic carbocycles. The van der Waals surface area contributed by atoms with E-state index >= 15 is 0 Å². The van der Waals surface area contributed by atoms with Gasteiger partial charge in [0, 0.05) is 12.1 Å². The van der Waals surface area contributed by atoms with Gasteiger partial charge in [0.05, 0.1) is 19.6 Å². The molecule has 0 atom stereocenters. The van der Waals surface area contributed by atoms with Gasteiger partial charge in [-0.05, 0) is 18.9 Å². The van der Waals surface area contributed by atoms with Gasteiger partial charge < -0.3 is 13.9 Å². The molecule has 1 aromatic heterocycles. The van der Waals surface area contributed by atoms with E-state index in [1.165, 1.54) is 27.2 Å². The SMILES string of the molecule is CCCc1cc(=O)oc2c(C(C)=O)c(OC)cc(OC)c12. The molecule has 0 saturated carbocycles. The second-order valence-electron chi connectivity index (χ2n) is 4.76. The maximum atomic E-state index is 11.9. The Hall–Kier alpha value is -2.30. The van der Waals surface area contributed by atoms with Crippen molar-refractivity contribution in [1.82, 2.24) is 0 Å². The normalized spacial score (nSPS) is 10.7. The smallest absolute Gasteiger partial charge is 0.336 e. The summed E-state index contributed by atoms with van der Waals surface area (Å²) in [6.07, 6.45) is 1.56. The van der Waals surface area contributed by atoms with Crippen molar-refractivity contribution < 1.29 is 18.7 Å². The fraction of sp³-hybridized carbons (Fsp3) is 0.375. The number of rotatable bonds is 5. The summed E-state index contributed by atoms with van der Waals surface area (Å²) in [4.78, 5) is 23.7. The van der Waals surface area contributed by atoms with Crippen LogP contribution in [0.15, 0.2) is 21.3 Å². The van der Waals surface area contributed by atoms with E-state index in [0.717, 1.165) is 12.0 Å². The largest absolute Gasteiger partial charge is 0.496 e. The number of Topliss-reactive ketones (excluding diaryl/α,β-unsaturated/α-hetero) is 1. The summed E-state index contributed by atoms with van der Waals surface area (Å²) in [5.41, 5.74) is 0.826. The number of carbonyl (C=O) groups excluding carboxylic acids is 1. The lowest BCUT2D eigenvalue weighted by Gasteiger charge is -2.14. The van der Waals surface area contributed by atoms with Crippen LogP contribution in [0.5, 0.6) is 11.5 Å². The number of ketones is 1. The molecule has 2 aromatic rings. The van der Waals surface area contributed by atoms with Crippen molar-refractivity contribution in [3.05, 3.63) is 33.7 Å². The summed E-state index contributed by atoms with van der Waals surface area (Å²) < 4.78 is 15.9. The highest BCUT2D eigenvalue weighted by Crippen LogP contribution is 2.37. The molecule has 0 bridgehead atoms. The molecule has 21 heavy (non-hydrogen) atoms. The van der Waals surface area contributed by atoms with Gasteiger partial charge in [-0.3, -0.25) is 4.79 Å². The minimum atomic E-state index is -0.483. The molecule has 0 radical (unpaired) electrons. The molecule has 0 aliphatic carbocycles. The zero-order chi connectivity index (χ0) is 15.6. The van der Waals surface area contributed by atoms with E-state index < -0.39 is 5.63 Å². The number of hydrogen-bond donors (Lipinski definition) is 0. The second kappa shape index (κ2) is 5.99. The van der Waals surface area contributed by atoms with Crippen molar-refractivity contribution in [1.29, 1.82) is 0 Å². The maximum Gasteiger partial charge on any atom is 0.336 e. The number of methoxy groups -OCH3 is 2. The van der Waals surface area contributed by atoms with Crippen molar-refractivity contribution in [2.75, 3.05) is 14.2 Å². The fourth-order valence-electron chi connectivity index (χ4n) is 2.48. The Labute approximate surface area is 122 Å². The van der Waals surface area contributed by atoms with Crippen LogP contribution in [0, 0.1) is 0 Å². The molecular formula is C16H18O5. The van der Waals surface area contributed by atoms with Crippen LogP contribution in [-0.4, -0.2) is 20.0 Å². The predicted octanol–water partition coefficient (Wildman–Crippen LogP) is 2.97. The highest BCUT2D eigenvalue weighted by molar-refractivity contribution is 6.09. The Morgan fingerprint density at radius 3 is 2.38 bits per heavy atom. The topological polar surface area (TPSA) is 65.7 Å². The Morgan fingerprint density at radius 1 is 1.19 bits per heavy atom. The summed E-state index contributed by atoms with van der Waals surface area (Å²) >= 11 is 0. The first kappa shape index (κ1) is 15.1. The predicted molar refractivity (Wildman–Crippen MR) is 79.6 cm³/mol. The standard InChI is InChI=1S/C16H18O5/c1-5-6-10-7-13(18)21-16-14(9(2)17)11(19-3)8-12(20-4)15(10)16/h7-8H,5-6H2,1-4H3. The maximum absolute atomic E-state index is 11.9. The van der Waals surface area contributed by atoms with Crippen LogP contribution in [0.25, 0.3) is 11.0 Å². The molecule has 0 aliphatic rings. The zero-order valence-electron chi connectivity index (χ0n) is 12.6. The molecule has 1 heterocycles. The van der Waals surface area contributed by atoms with Gasteiger partial charge in [0.15, 0.2) is 11.4 Å². The lowest BCUT2D eigenvalue weighted by Crippen LogP contribution is -2.07. The van der Waals surface area contributed by atoms with Crippen LogP contribution >= 0.6 is 0 Å². The van der Waals surface area contributed by atoms with Gasteiger partial charge in [-0.15, -0.1) is 0 Å². The monoisotopic (exact) mass is 290 g/mol. The number of fused-ring (bicyclic) bond motifs is 1. The molecular weight excluding hydrogens is 272 g/mol. The minimum absolute atomic E-state index is 0.226. The van der Waals surface area contributed by atoms with Gasteiger partial charge in [0.2, 0.25) is 0 Å². The first-order chi connectivity index (χ1) is 10.0. The summed E-state index contributed by atoms with van der Waals surface area (Å²) in [5, 5.41) is 0.657. The lowest BCUT2D eigenvalue weighted by atomic mass is 9.99. The molecule has 0 spiro atoms. The van der Waals surface area contributed by atoms with Gasteiger partial charge in [-0.2, -0.15) is 0 Å². The van der Waals surface area contributed by atoms with Crippen LogP contribution in [0.2, 0.25) is 0 Å². The van der Waals surface area contributed by atoms with E-state index in [9.17, 15) is 9.59 Å². The highest BCUT2D eigenvalue weighted by atomic mass is 16.5. The lowest BCUT2D eigenvalue weighted by molar-refractivity contribution is 0.101. The van der Waals surface area contributed by atoms with Crippen molar-refractivity contribution in [3.8, 4) is 11.5 Å². The average molecular weight is 290 g/mol. The number of aryl methyl sites for hydroxylation is 1. The Bertz CT molecular complexity index is 742.